The predicted molar refractivity (Wildman–Crippen MR) is 69.5 cm³/mol. The number of halogens is 3. The third kappa shape index (κ3) is 2.77. The fourth-order valence-electron chi connectivity index (χ4n) is 1.80. The quantitative estimate of drug-likeness (QED) is 0.777. The standard InChI is InChI=1S/C12H12BrClFN/c13-10-6-8(15)7-11(14)12(10)16-9-4-2-1-3-5-9/h2,4,6-7,9,16H,1,3,5H2. The highest BCUT2D eigenvalue weighted by atomic mass is 79.9. The molecule has 1 atom stereocenters. The Morgan fingerprint density at radius 1 is 1.44 bits per heavy atom. The largest absolute Gasteiger partial charge is 0.377 e. The van der Waals surface area contributed by atoms with Gasteiger partial charge in [-0.15, -0.1) is 0 Å². The Balaban J connectivity index is 2.20. The maximum atomic E-state index is 13.0. The molecule has 0 heterocycles. The minimum absolute atomic E-state index is 0.285. The fraction of sp³-hybridized carbons (Fsp3) is 0.333. The molecule has 1 N–H and O–H groups in total. The normalized spacial score (nSPS) is 19.8. The zero-order valence-electron chi connectivity index (χ0n) is 8.64. The summed E-state index contributed by atoms with van der Waals surface area (Å²) in [6.07, 6.45) is 7.68. The van der Waals surface area contributed by atoms with Gasteiger partial charge in [0.15, 0.2) is 0 Å². The maximum absolute atomic E-state index is 13.0. The Labute approximate surface area is 108 Å². The first-order chi connectivity index (χ1) is 7.66. The molecule has 0 aliphatic heterocycles. The van der Waals surface area contributed by atoms with Gasteiger partial charge in [-0.1, -0.05) is 23.8 Å². The summed E-state index contributed by atoms with van der Waals surface area (Å²) < 4.78 is 13.7. The third-order valence-electron chi connectivity index (χ3n) is 2.59. The molecule has 0 bridgehead atoms. The Morgan fingerprint density at radius 2 is 2.25 bits per heavy atom. The van der Waals surface area contributed by atoms with E-state index in [1.165, 1.54) is 18.6 Å². The Hall–Kier alpha value is -0.540. The number of hydrogen-bond acceptors (Lipinski definition) is 1. The van der Waals surface area contributed by atoms with Gasteiger partial charge >= 0.3 is 0 Å². The average Bonchev–Trinajstić information content (AvgIpc) is 2.25. The molecular formula is C12H12BrClFN. The van der Waals surface area contributed by atoms with Crippen molar-refractivity contribution in [1.82, 2.24) is 0 Å². The summed E-state index contributed by atoms with van der Waals surface area (Å²) in [6.45, 7) is 0. The molecule has 0 radical (unpaired) electrons. The molecule has 1 aromatic rings. The lowest BCUT2D eigenvalue weighted by atomic mass is 10.0. The van der Waals surface area contributed by atoms with Gasteiger partial charge in [0.25, 0.3) is 0 Å². The first-order valence-electron chi connectivity index (χ1n) is 5.24. The van der Waals surface area contributed by atoms with Gasteiger partial charge in [0, 0.05) is 10.5 Å². The van der Waals surface area contributed by atoms with Gasteiger partial charge in [0.1, 0.15) is 5.82 Å². The van der Waals surface area contributed by atoms with Crippen LogP contribution in [0.2, 0.25) is 5.02 Å². The van der Waals surface area contributed by atoms with E-state index in [4.69, 9.17) is 11.6 Å². The van der Waals surface area contributed by atoms with Crippen LogP contribution < -0.4 is 5.32 Å². The number of allylic oxidation sites excluding steroid dienone is 1. The second-order valence-corrected chi connectivity index (χ2v) is 5.12. The van der Waals surface area contributed by atoms with Gasteiger partial charge < -0.3 is 5.32 Å². The minimum atomic E-state index is -0.332. The molecule has 0 fully saturated rings. The van der Waals surface area contributed by atoms with E-state index >= 15 is 0 Å². The summed E-state index contributed by atoms with van der Waals surface area (Å²) in [5.74, 6) is -0.332. The highest BCUT2D eigenvalue weighted by molar-refractivity contribution is 9.10. The number of nitrogens with one attached hydrogen (secondary N) is 1. The maximum Gasteiger partial charge on any atom is 0.125 e. The van der Waals surface area contributed by atoms with Crippen molar-refractivity contribution in [2.75, 3.05) is 5.32 Å². The summed E-state index contributed by atoms with van der Waals surface area (Å²) in [5.41, 5.74) is 0.764. The zero-order chi connectivity index (χ0) is 11.5. The van der Waals surface area contributed by atoms with Crippen molar-refractivity contribution < 1.29 is 4.39 Å². The second-order valence-electron chi connectivity index (χ2n) is 3.85. The zero-order valence-corrected chi connectivity index (χ0v) is 11.0. The molecule has 0 saturated carbocycles. The van der Waals surface area contributed by atoms with Crippen molar-refractivity contribution in [3.8, 4) is 0 Å². The summed E-state index contributed by atoms with van der Waals surface area (Å²) in [4.78, 5) is 0. The molecule has 4 heteroatoms. The lowest BCUT2D eigenvalue weighted by Crippen LogP contribution is -2.19. The third-order valence-corrected chi connectivity index (χ3v) is 3.51. The molecule has 0 aromatic heterocycles. The predicted octanol–water partition coefficient (Wildman–Crippen LogP) is 4.76. The monoisotopic (exact) mass is 303 g/mol. The van der Waals surface area contributed by atoms with Crippen LogP contribution in [0.1, 0.15) is 19.3 Å². The van der Waals surface area contributed by atoms with Crippen molar-refractivity contribution in [1.29, 1.82) is 0 Å². The van der Waals surface area contributed by atoms with Crippen LogP contribution in [0.3, 0.4) is 0 Å². The van der Waals surface area contributed by atoms with Gasteiger partial charge in [-0.3, -0.25) is 0 Å². The molecule has 1 aliphatic carbocycles. The average molecular weight is 305 g/mol. The van der Waals surface area contributed by atoms with Gasteiger partial charge in [-0.25, -0.2) is 4.39 Å². The van der Waals surface area contributed by atoms with Crippen molar-refractivity contribution >= 4 is 33.2 Å². The van der Waals surface area contributed by atoms with E-state index in [2.05, 4.69) is 33.4 Å². The lowest BCUT2D eigenvalue weighted by molar-refractivity contribution is 0.626. The molecule has 1 unspecified atom stereocenters. The Bertz CT molecular complexity index is 396. The first kappa shape index (κ1) is 11.9. The summed E-state index contributed by atoms with van der Waals surface area (Å²) in [5, 5.41) is 3.72. The smallest absolute Gasteiger partial charge is 0.125 e. The summed E-state index contributed by atoms with van der Waals surface area (Å²) in [6, 6.07) is 3.02. The topological polar surface area (TPSA) is 12.0 Å². The van der Waals surface area contributed by atoms with E-state index in [9.17, 15) is 4.39 Å². The van der Waals surface area contributed by atoms with Crippen LogP contribution in [0.5, 0.6) is 0 Å². The van der Waals surface area contributed by atoms with Crippen LogP contribution >= 0.6 is 27.5 Å². The number of benzene rings is 1. The molecular weight excluding hydrogens is 292 g/mol. The lowest BCUT2D eigenvalue weighted by Gasteiger charge is -2.20. The Morgan fingerprint density at radius 3 is 2.88 bits per heavy atom. The molecule has 1 aromatic carbocycles. The fourth-order valence-corrected chi connectivity index (χ4v) is 2.72. The summed E-state index contributed by atoms with van der Waals surface area (Å²) in [7, 11) is 0. The number of anilines is 1. The van der Waals surface area contributed by atoms with Crippen LogP contribution in [0, 0.1) is 5.82 Å². The number of hydrogen-bond donors (Lipinski definition) is 1. The van der Waals surface area contributed by atoms with E-state index < -0.39 is 0 Å². The minimum Gasteiger partial charge on any atom is -0.377 e. The van der Waals surface area contributed by atoms with E-state index in [1.807, 2.05) is 0 Å². The Kier molecular flexibility index (Phi) is 3.87. The molecule has 86 valence electrons. The van der Waals surface area contributed by atoms with Crippen molar-refractivity contribution in [3.63, 3.8) is 0 Å². The van der Waals surface area contributed by atoms with Crippen LogP contribution in [0.15, 0.2) is 28.8 Å². The highest BCUT2D eigenvalue weighted by Crippen LogP contribution is 2.33. The summed E-state index contributed by atoms with van der Waals surface area (Å²) >= 11 is 9.31. The molecule has 16 heavy (non-hydrogen) atoms. The second kappa shape index (κ2) is 5.19. The van der Waals surface area contributed by atoms with Crippen LogP contribution in [0.25, 0.3) is 0 Å². The molecule has 0 saturated heterocycles. The van der Waals surface area contributed by atoms with E-state index in [1.54, 1.807) is 0 Å². The molecule has 2 rings (SSSR count). The van der Waals surface area contributed by atoms with Gasteiger partial charge in [0.05, 0.1) is 10.7 Å². The van der Waals surface area contributed by atoms with Crippen LogP contribution in [-0.2, 0) is 0 Å². The molecule has 1 nitrogen and oxygen atoms in total. The van der Waals surface area contributed by atoms with E-state index in [0.717, 1.165) is 18.5 Å². The van der Waals surface area contributed by atoms with Crippen LogP contribution in [-0.4, -0.2) is 6.04 Å². The van der Waals surface area contributed by atoms with Gasteiger partial charge in [-0.05, 0) is 47.3 Å². The highest BCUT2D eigenvalue weighted by Gasteiger charge is 2.13. The molecule has 0 amide bonds. The van der Waals surface area contributed by atoms with Crippen molar-refractivity contribution in [3.05, 3.63) is 39.6 Å². The first-order valence-corrected chi connectivity index (χ1v) is 6.41. The van der Waals surface area contributed by atoms with E-state index in [-0.39, 0.29) is 11.9 Å². The molecule has 1 aliphatic rings. The van der Waals surface area contributed by atoms with Gasteiger partial charge in [-0.2, -0.15) is 0 Å². The van der Waals surface area contributed by atoms with Crippen LogP contribution in [0.4, 0.5) is 10.1 Å². The van der Waals surface area contributed by atoms with E-state index in [0.29, 0.717) is 9.50 Å². The SMILES string of the molecule is Fc1cc(Cl)c(NC2C=CCCC2)c(Br)c1. The van der Waals surface area contributed by atoms with Gasteiger partial charge in [0.2, 0.25) is 0 Å². The van der Waals surface area contributed by atoms with Crippen molar-refractivity contribution in [2.24, 2.45) is 0 Å². The number of rotatable bonds is 2. The molecule has 0 spiro atoms. The van der Waals surface area contributed by atoms with Crippen molar-refractivity contribution in [2.45, 2.75) is 25.3 Å².